The Balaban J connectivity index is 1.83. The Morgan fingerprint density at radius 2 is 1.72 bits per heavy atom. The summed E-state index contributed by atoms with van der Waals surface area (Å²) in [6.45, 7) is 1.47. The quantitative estimate of drug-likeness (QED) is 0.461. The number of aliphatic hydroxyl groups is 4. The Bertz CT molecular complexity index is 855. The number of ether oxygens (including phenoxy) is 1. The van der Waals surface area contributed by atoms with Gasteiger partial charge in [-0.25, -0.2) is 0 Å². The molecule has 0 spiro atoms. The normalized spacial score (nSPS) is 27.0. The van der Waals surface area contributed by atoms with Crippen LogP contribution in [0.2, 0.25) is 5.02 Å². The highest BCUT2D eigenvalue weighted by Crippen LogP contribution is 2.34. The number of halogens is 1. The first-order valence-corrected chi connectivity index (χ1v) is 9.99. The molecule has 2 aromatic rings. The summed E-state index contributed by atoms with van der Waals surface area (Å²) in [5.41, 5.74) is 3.91. The van der Waals surface area contributed by atoms with E-state index in [1.54, 1.807) is 18.2 Å². The van der Waals surface area contributed by atoms with Gasteiger partial charge in [0.1, 0.15) is 30.5 Å². The van der Waals surface area contributed by atoms with Gasteiger partial charge in [-0.2, -0.15) is 0 Å². The van der Waals surface area contributed by atoms with Gasteiger partial charge < -0.3 is 30.6 Å². The van der Waals surface area contributed by atoms with Gasteiger partial charge in [-0.15, -0.1) is 0 Å². The fourth-order valence-corrected chi connectivity index (χ4v) is 3.72. The predicted molar refractivity (Wildman–Crippen MR) is 111 cm³/mol. The molecule has 1 heterocycles. The van der Waals surface area contributed by atoms with E-state index in [1.165, 1.54) is 0 Å². The summed E-state index contributed by atoms with van der Waals surface area (Å²) in [7, 11) is 0. The van der Waals surface area contributed by atoms with Crippen molar-refractivity contribution in [3.63, 3.8) is 0 Å². The van der Waals surface area contributed by atoms with E-state index in [9.17, 15) is 20.4 Å². The SMILES string of the molecule is CCC(=N)c1ccc(Cc2cc([C@@H]3O[C@H](CO)[C@@H](O)[C@H](O)[C@H]3O)ccc2Cl)cc1. The van der Waals surface area contributed by atoms with Gasteiger partial charge in [-0.1, -0.05) is 54.9 Å². The summed E-state index contributed by atoms with van der Waals surface area (Å²) in [6, 6.07) is 12.9. The molecule has 0 radical (unpaired) electrons. The predicted octanol–water partition coefficient (Wildman–Crippen LogP) is 2.22. The van der Waals surface area contributed by atoms with Crippen LogP contribution in [-0.4, -0.2) is 57.2 Å². The number of nitrogens with one attached hydrogen (secondary N) is 1. The topological polar surface area (TPSA) is 114 Å². The van der Waals surface area contributed by atoms with E-state index in [4.69, 9.17) is 21.7 Å². The van der Waals surface area contributed by atoms with E-state index in [1.807, 2.05) is 31.2 Å². The first kappa shape index (κ1) is 21.9. The second kappa shape index (κ2) is 9.34. The van der Waals surface area contributed by atoms with Crippen molar-refractivity contribution in [3.05, 3.63) is 69.7 Å². The molecule has 29 heavy (non-hydrogen) atoms. The van der Waals surface area contributed by atoms with Crippen molar-refractivity contribution >= 4 is 17.3 Å². The summed E-state index contributed by atoms with van der Waals surface area (Å²) in [4.78, 5) is 0. The zero-order chi connectivity index (χ0) is 21.1. The van der Waals surface area contributed by atoms with E-state index in [0.29, 0.717) is 29.1 Å². The first-order valence-electron chi connectivity index (χ1n) is 9.61. The Morgan fingerprint density at radius 3 is 2.34 bits per heavy atom. The van der Waals surface area contributed by atoms with Gasteiger partial charge in [0.05, 0.1) is 6.61 Å². The molecule has 0 unspecified atom stereocenters. The minimum Gasteiger partial charge on any atom is -0.394 e. The van der Waals surface area contributed by atoms with Crippen LogP contribution in [0.3, 0.4) is 0 Å². The number of benzene rings is 2. The molecule has 0 bridgehead atoms. The highest BCUT2D eigenvalue weighted by Gasteiger charge is 2.43. The summed E-state index contributed by atoms with van der Waals surface area (Å²) in [5.74, 6) is 0. The lowest BCUT2D eigenvalue weighted by Crippen LogP contribution is -2.55. The molecule has 1 aliphatic rings. The van der Waals surface area contributed by atoms with Crippen LogP contribution in [0.1, 0.15) is 41.7 Å². The van der Waals surface area contributed by atoms with Crippen LogP contribution in [-0.2, 0) is 11.2 Å². The van der Waals surface area contributed by atoms with Gasteiger partial charge in [0.15, 0.2) is 0 Å². The lowest BCUT2D eigenvalue weighted by molar-refractivity contribution is -0.231. The fraction of sp³-hybridized carbons (Fsp3) is 0.409. The Kier molecular flexibility index (Phi) is 7.05. The third kappa shape index (κ3) is 4.69. The maximum atomic E-state index is 10.4. The van der Waals surface area contributed by atoms with Crippen molar-refractivity contribution in [1.82, 2.24) is 0 Å². The Hall–Kier alpha value is -1.80. The molecule has 0 saturated carbocycles. The van der Waals surface area contributed by atoms with Gasteiger partial charge in [0.2, 0.25) is 0 Å². The summed E-state index contributed by atoms with van der Waals surface area (Å²) < 4.78 is 5.64. The second-order valence-corrected chi connectivity index (χ2v) is 7.71. The van der Waals surface area contributed by atoms with Gasteiger partial charge in [-0.05, 0) is 41.2 Å². The van der Waals surface area contributed by atoms with Crippen LogP contribution >= 0.6 is 11.6 Å². The van der Waals surface area contributed by atoms with Crippen molar-refractivity contribution in [2.24, 2.45) is 0 Å². The van der Waals surface area contributed by atoms with E-state index >= 15 is 0 Å². The molecule has 2 aromatic carbocycles. The summed E-state index contributed by atoms with van der Waals surface area (Å²) in [5, 5.41) is 48.2. The maximum absolute atomic E-state index is 10.4. The van der Waals surface area contributed by atoms with Crippen LogP contribution < -0.4 is 0 Å². The molecular weight excluding hydrogens is 394 g/mol. The molecule has 5 atom stereocenters. The van der Waals surface area contributed by atoms with Gasteiger partial charge in [0.25, 0.3) is 0 Å². The molecule has 6 nitrogen and oxygen atoms in total. The average Bonchev–Trinajstić information content (AvgIpc) is 2.74. The van der Waals surface area contributed by atoms with Crippen molar-refractivity contribution in [3.8, 4) is 0 Å². The van der Waals surface area contributed by atoms with Crippen molar-refractivity contribution in [2.75, 3.05) is 6.61 Å². The number of hydrogen-bond donors (Lipinski definition) is 5. The smallest absolute Gasteiger partial charge is 0.113 e. The monoisotopic (exact) mass is 419 g/mol. The third-order valence-electron chi connectivity index (χ3n) is 5.34. The van der Waals surface area contributed by atoms with Crippen molar-refractivity contribution in [2.45, 2.75) is 50.3 Å². The molecule has 7 heteroatoms. The molecule has 0 amide bonds. The maximum Gasteiger partial charge on any atom is 0.113 e. The molecular formula is C22H26ClNO5. The number of hydrogen-bond acceptors (Lipinski definition) is 6. The van der Waals surface area contributed by atoms with E-state index in [0.717, 1.165) is 16.7 Å². The average molecular weight is 420 g/mol. The Labute approximate surface area is 174 Å². The second-order valence-electron chi connectivity index (χ2n) is 7.31. The molecule has 0 aromatic heterocycles. The minimum absolute atomic E-state index is 0.471. The lowest BCUT2D eigenvalue weighted by atomic mass is 9.90. The van der Waals surface area contributed by atoms with E-state index in [-0.39, 0.29) is 0 Å². The highest BCUT2D eigenvalue weighted by molar-refractivity contribution is 6.31. The van der Waals surface area contributed by atoms with Crippen LogP contribution in [0, 0.1) is 5.41 Å². The molecule has 1 aliphatic heterocycles. The molecule has 0 aliphatic carbocycles. The van der Waals surface area contributed by atoms with E-state index < -0.39 is 37.1 Å². The van der Waals surface area contributed by atoms with Gasteiger partial charge >= 0.3 is 0 Å². The van der Waals surface area contributed by atoms with E-state index in [2.05, 4.69) is 0 Å². The van der Waals surface area contributed by atoms with Gasteiger partial charge in [-0.3, -0.25) is 0 Å². The molecule has 1 saturated heterocycles. The van der Waals surface area contributed by atoms with Crippen LogP contribution in [0.4, 0.5) is 0 Å². The van der Waals surface area contributed by atoms with Gasteiger partial charge in [0, 0.05) is 10.7 Å². The molecule has 1 fully saturated rings. The summed E-state index contributed by atoms with van der Waals surface area (Å²) in [6.07, 6.45) is -4.78. The van der Waals surface area contributed by atoms with Crippen molar-refractivity contribution < 1.29 is 25.2 Å². The number of rotatable bonds is 6. The van der Waals surface area contributed by atoms with Crippen molar-refractivity contribution in [1.29, 1.82) is 5.41 Å². The zero-order valence-corrected chi connectivity index (χ0v) is 16.9. The van der Waals surface area contributed by atoms with Crippen LogP contribution in [0.15, 0.2) is 42.5 Å². The number of aliphatic hydroxyl groups excluding tert-OH is 4. The van der Waals surface area contributed by atoms with Crippen LogP contribution in [0.25, 0.3) is 0 Å². The summed E-state index contributed by atoms with van der Waals surface area (Å²) >= 11 is 6.37. The fourth-order valence-electron chi connectivity index (χ4n) is 3.53. The highest BCUT2D eigenvalue weighted by atomic mass is 35.5. The zero-order valence-electron chi connectivity index (χ0n) is 16.1. The standard InChI is InChI=1S/C22H26ClNO5/c1-2-17(24)13-5-3-12(4-6-13)9-15-10-14(7-8-16(15)23)22-21(28)20(27)19(26)18(11-25)29-22/h3-8,10,18-22,24-28H,2,9,11H2,1H3/t18-,19-,20+,21-,22+/m1/s1. The first-order chi connectivity index (χ1) is 13.8. The molecule has 5 N–H and O–H groups in total. The lowest BCUT2D eigenvalue weighted by Gasteiger charge is -2.40. The molecule has 3 rings (SSSR count). The van der Waals surface area contributed by atoms with Crippen LogP contribution in [0.5, 0.6) is 0 Å². The molecule has 156 valence electrons. The minimum atomic E-state index is -1.42. The largest absolute Gasteiger partial charge is 0.394 e. The Morgan fingerprint density at radius 1 is 1.03 bits per heavy atom. The third-order valence-corrected chi connectivity index (χ3v) is 5.71.